The molecule has 3 heterocycles. The third-order valence-electron chi connectivity index (χ3n) is 5.82. The molecule has 3 saturated heterocycles. The van der Waals surface area contributed by atoms with Gasteiger partial charge in [0.1, 0.15) is 12.4 Å². The number of hydrogen-bond donors (Lipinski definition) is 0. The number of rotatable bonds is 8. The Labute approximate surface area is 182 Å². The van der Waals surface area contributed by atoms with Crippen LogP contribution in [-0.4, -0.2) is 60.2 Å². The van der Waals surface area contributed by atoms with Gasteiger partial charge in [0.15, 0.2) is 5.79 Å². The van der Waals surface area contributed by atoms with E-state index in [-0.39, 0.29) is 19.0 Å². The summed E-state index contributed by atoms with van der Waals surface area (Å²) in [6.07, 6.45) is 1.91. The van der Waals surface area contributed by atoms with E-state index in [2.05, 4.69) is 12.1 Å². The first-order valence-electron chi connectivity index (χ1n) is 10.4. The van der Waals surface area contributed by atoms with Gasteiger partial charge >= 0.3 is 0 Å². The molecule has 0 unspecified atom stereocenters. The minimum absolute atomic E-state index is 0.0127. The molecule has 3 aliphatic rings. The molecule has 0 bridgehead atoms. The molecule has 1 aromatic carbocycles. The molecule has 0 aliphatic carbocycles. The lowest BCUT2D eigenvalue weighted by molar-refractivity contribution is -0.203. The molecule has 1 aromatic rings. The van der Waals surface area contributed by atoms with Gasteiger partial charge in [0.2, 0.25) is 0 Å². The summed E-state index contributed by atoms with van der Waals surface area (Å²) in [4.78, 5) is 0. The highest BCUT2D eigenvalue weighted by atomic mass is 32.2. The van der Waals surface area contributed by atoms with Crippen LogP contribution in [-0.2, 0) is 30.3 Å². The first-order chi connectivity index (χ1) is 14.0. The summed E-state index contributed by atoms with van der Waals surface area (Å²) in [6, 6.07) is 10.3. The molecule has 0 N–H and O–H groups in total. The van der Waals surface area contributed by atoms with Crippen molar-refractivity contribution in [2.24, 2.45) is 5.92 Å². The van der Waals surface area contributed by atoms with Crippen molar-refractivity contribution in [1.29, 1.82) is 0 Å². The van der Waals surface area contributed by atoms with Crippen LogP contribution < -0.4 is 0 Å². The average molecular weight is 441 g/mol. The van der Waals surface area contributed by atoms with Crippen LogP contribution in [0.2, 0.25) is 0 Å². The van der Waals surface area contributed by atoms with E-state index in [0.29, 0.717) is 17.1 Å². The highest BCUT2D eigenvalue weighted by Crippen LogP contribution is 2.58. The number of methoxy groups -OCH3 is 1. The third-order valence-corrected chi connectivity index (χ3v) is 9.07. The van der Waals surface area contributed by atoms with Crippen LogP contribution in [0, 0.1) is 5.92 Å². The lowest BCUT2D eigenvalue weighted by Crippen LogP contribution is -2.64. The maximum atomic E-state index is 6.67. The molecule has 5 atom stereocenters. The zero-order chi connectivity index (χ0) is 20.3. The summed E-state index contributed by atoms with van der Waals surface area (Å²) >= 11 is 3.98. The van der Waals surface area contributed by atoms with Crippen LogP contribution in [0.4, 0.5) is 0 Å². The van der Waals surface area contributed by atoms with E-state index >= 15 is 0 Å². The second-order valence-corrected chi connectivity index (χ2v) is 11.0. The maximum absolute atomic E-state index is 6.67. The normalized spacial score (nSPS) is 35.8. The van der Waals surface area contributed by atoms with Gasteiger partial charge in [0.05, 0.1) is 23.4 Å². The number of benzene rings is 1. The van der Waals surface area contributed by atoms with Crippen molar-refractivity contribution in [1.82, 2.24) is 0 Å². The summed E-state index contributed by atoms with van der Waals surface area (Å²) < 4.78 is 30.9. The van der Waals surface area contributed by atoms with Gasteiger partial charge in [-0.3, -0.25) is 0 Å². The summed E-state index contributed by atoms with van der Waals surface area (Å²) in [6.45, 7) is 5.71. The second-order valence-electron chi connectivity index (χ2n) is 8.37. The molecular weight excluding hydrogens is 408 g/mol. The van der Waals surface area contributed by atoms with Gasteiger partial charge in [-0.15, -0.1) is 23.5 Å². The summed E-state index contributed by atoms with van der Waals surface area (Å²) in [7, 11) is 1.67. The van der Waals surface area contributed by atoms with Crippen LogP contribution >= 0.6 is 23.5 Å². The minimum atomic E-state index is -0.608. The van der Waals surface area contributed by atoms with E-state index in [4.69, 9.17) is 23.7 Å². The molecule has 1 spiro atoms. The predicted molar refractivity (Wildman–Crippen MR) is 117 cm³/mol. The van der Waals surface area contributed by atoms with Crippen LogP contribution in [0.5, 0.6) is 0 Å². The third kappa shape index (κ3) is 4.66. The highest BCUT2D eigenvalue weighted by molar-refractivity contribution is 8.17. The highest BCUT2D eigenvalue weighted by Gasteiger charge is 2.67. The molecule has 0 aromatic heterocycles. The Bertz CT molecular complexity index is 658. The Morgan fingerprint density at radius 1 is 1.17 bits per heavy atom. The molecule has 162 valence electrons. The van der Waals surface area contributed by atoms with Crippen LogP contribution in [0.1, 0.15) is 32.3 Å². The summed E-state index contributed by atoms with van der Waals surface area (Å²) in [5, 5.41) is 0. The van der Waals surface area contributed by atoms with E-state index in [1.54, 1.807) is 7.11 Å². The molecule has 3 fully saturated rings. The van der Waals surface area contributed by atoms with Gasteiger partial charge in [-0.05, 0) is 49.7 Å². The quantitative estimate of drug-likeness (QED) is 0.441. The standard InChI is InChI=1S/C22H32O5S2/c1-21(2)26-19-17(9-11-24-13-16-7-5-4-6-8-16)14-29-20-22(19,27-21)18(10-12-28-20)25-15-23-3/h4-8,17-20H,9-15H2,1-3H3/t17-,18-,19-,20-,22-/m1/s1. The first kappa shape index (κ1) is 21.9. The fourth-order valence-electron chi connectivity index (χ4n) is 4.67. The average Bonchev–Trinajstić information content (AvgIpc) is 3.01. The van der Waals surface area contributed by atoms with E-state index in [9.17, 15) is 0 Å². The van der Waals surface area contributed by atoms with Crippen molar-refractivity contribution in [3.63, 3.8) is 0 Å². The Balaban J connectivity index is 1.44. The van der Waals surface area contributed by atoms with Crippen molar-refractivity contribution >= 4 is 23.5 Å². The fourth-order valence-corrected chi connectivity index (χ4v) is 8.09. The van der Waals surface area contributed by atoms with E-state index in [1.807, 2.05) is 55.6 Å². The Morgan fingerprint density at radius 2 is 2.00 bits per heavy atom. The number of thioether (sulfide) groups is 2. The molecule has 0 radical (unpaired) electrons. The molecule has 0 saturated carbocycles. The Morgan fingerprint density at radius 3 is 2.79 bits per heavy atom. The molecule has 4 rings (SSSR count). The predicted octanol–water partition coefficient (Wildman–Crippen LogP) is 4.30. The van der Waals surface area contributed by atoms with Crippen molar-refractivity contribution in [3.05, 3.63) is 35.9 Å². The smallest absolute Gasteiger partial charge is 0.164 e. The van der Waals surface area contributed by atoms with Gasteiger partial charge in [-0.2, -0.15) is 0 Å². The Kier molecular flexibility index (Phi) is 7.16. The second kappa shape index (κ2) is 9.47. The zero-order valence-electron chi connectivity index (χ0n) is 17.5. The van der Waals surface area contributed by atoms with Gasteiger partial charge in [-0.1, -0.05) is 30.3 Å². The van der Waals surface area contributed by atoms with E-state index in [0.717, 1.165) is 31.0 Å². The monoisotopic (exact) mass is 440 g/mol. The minimum Gasteiger partial charge on any atom is -0.377 e. The largest absolute Gasteiger partial charge is 0.377 e. The summed E-state index contributed by atoms with van der Waals surface area (Å²) in [5.41, 5.74) is 0.776. The van der Waals surface area contributed by atoms with Gasteiger partial charge in [0, 0.05) is 13.7 Å². The molecule has 3 aliphatic heterocycles. The van der Waals surface area contributed by atoms with Crippen molar-refractivity contribution in [3.8, 4) is 0 Å². The van der Waals surface area contributed by atoms with Gasteiger partial charge < -0.3 is 23.7 Å². The molecule has 7 heteroatoms. The van der Waals surface area contributed by atoms with Crippen LogP contribution in [0.15, 0.2) is 30.3 Å². The van der Waals surface area contributed by atoms with Gasteiger partial charge in [-0.25, -0.2) is 0 Å². The fraction of sp³-hybridized carbons (Fsp3) is 0.727. The lowest BCUT2D eigenvalue weighted by Gasteiger charge is -2.52. The lowest BCUT2D eigenvalue weighted by atomic mass is 9.81. The number of ether oxygens (including phenoxy) is 5. The topological polar surface area (TPSA) is 46.2 Å². The zero-order valence-corrected chi connectivity index (χ0v) is 19.1. The van der Waals surface area contributed by atoms with E-state index in [1.165, 1.54) is 5.56 Å². The molecular formula is C22H32O5S2. The van der Waals surface area contributed by atoms with E-state index < -0.39 is 11.4 Å². The maximum Gasteiger partial charge on any atom is 0.164 e. The van der Waals surface area contributed by atoms with Gasteiger partial charge in [0.25, 0.3) is 0 Å². The van der Waals surface area contributed by atoms with Crippen molar-refractivity contribution in [2.75, 3.05) is 32.0 Å². The number of hydrogen-bond acceptors (Lipinski definition) is 7. The first-order valence-corrected chi connectivity index (χ1v) is 12.5. The Hall–Kier alpha value is -0.280. The summed E-state index contributed by atoms with van der Waals surface area (Å²) in [5.74, 6) is 1.91. The van der Waals surface area contributed by atoms with Crippen LogP contribution in [0.25, 0.3) is 0 Å². The molecule has 5 nitrogen and oxygen atoms in total. The van der Waals surface area contributed by atoms with Crippen LogP contribution in [0.3, 0.4) is 0 Å². The van der Waals surface area contributed by atoms with Crippen molar-refractivity contribution < 1.29 is 23.7 Å². The van der Waals surface area contributed by atoms with Crippen molar-refractivity contribution in [2.45, 2.75) is 61.5 Å². The SMILES string of the molecule is COCO[C@@H]1CCS[C@@H]2SC[C@@H](CCOCc3ccccc3)[C@H]3OC(C)(C)O[C@@]231. The molecule has 29 heavy (non-hydrogen) atoms. The molecule has 0 amide bonds.